The summed E-state index contributed by atoms with van der Waals surface area (Å²) in [6.07, 6.45) is -3.20. The molecule has 1 saturated carbocycles. The van der Waals surface area contributed by atoms with Gasteiger partial charge >= 0.3 is 15.6 Å². The van der Waals surface area contributed by atoms with Crippen molar-refractivity contribution in [1.29, 1.82) is 0 Å². The first-order valence-corrected chi connectivity index (χ1v) is 18.3. The summed E-state index contributed by atoms with van der Waals surface area (Å²) in [7, 11) is -10.6. The van der Waals surface area contributed by atoms with Crippen molar-refractivity contribution in [2.75, 3.05) is 44.0 Å². The van der Waals surface area contributed by atoms with E-state index >= 15 is 0 Å². The van der Waals surface area contributed by atoms with Crippen molar-refractivity contribution in [3.63, 3.8) is 0 Å². The molecule has 2 amide bonds. The van der Waals surface area contributed by atoms with E-state index in [0.29, 0.717) is 17.3 Å². The maximum absolute atomic E-state index is 12.5. The quantitative estimate of drug-likeness (QED) is 0.0671. The van der Waals surface area contributed by atoms with E-state index in [1.165, 1.54) is 27.1 Å². The van der Waals surface area contributed by atoms with Gasteiger partial charge in [-0.1, -0.05) is 25.6 Å². The van der Waals surface area contributed by atoms with Crippen LogP contribution in [0.4, 0.5) is 5.82 Å². The highest BCUT2D eigenvalue weighted by atomic mass is 32.2. The lowest BCUT2D eigenvalue weighted by atomic mass is 9.87. The number of phosphoric ester groups is 2. The van der Waals surface area contributed by atoms with E-state index < -0.39 is 76.4 Å². The largest absolute Gasteiger partial charge is 0.481 e. The zero-order chi connectivity index (χ0) is 35.2. The van der Waals surface area contributed by atoms with Gasteiger partial charge in [-0.3, -0.25) is 23.4 Å². The molecule has 10 N–H and O–H groups in total. The van der Waals surface area contributed by atoms with Crippen LogP contribution in [0.1, 0.15) is 45.3 Å². The Morgan fingerprint density at radius 3 is 2.53 bits per heavy atom. The van der Waals surface area contributed by atoms with Gasteiger partial charge in [-0.05, 0) is 6.42 Å². The molecular formula is C24H41N7O13P2S. The van der Waals surface area contributed by atoms with E-state index in [1.807, 2.05) is 0 Å². The van der Waals surface area contributed by atoms with E-state index in [1.54, 1.807) is 4.57 Å². The molecule has 2 aliphatic rings. The SMILES string of the molecule is CC(=O)SCCNC(=O)CCNC(=O)C(O)C(C)(C)COP(=O)(O)OP(=O)(O)OCC1CC(n2cnc3c2NCN=C3N)C(O)C1O. The molecule has 1 aromatic heterocycles. The number of imidazole rings is 1. The second-order valence-electron chi connectivity index (χ2n) is 11.5. The van der Waals surface area contributed by atoms with Crippen LogP contribution >= 0.6 is 27.4 Å². The Hall–Kier alpha value is -2.42. The van der Waals surface area contributed by atoms with Gasteiger partial charge < -0.3 is 51.4 Å². The number of rotatable bonds is 17. The summed E-state index contributed by atoms with van der Waals surface area (Å²) in [5.74, 6) is -1.16. The molecule has 1 aromatic rings. The molecule has 0 radical (unpaired) electrons. The minimum absolute atomic E-state index is 0.0518. The predicted molar refractivity (Wildman–Crippen MR) is 167 cm³/mol. The Bertz CT molecular complexity index is 1430. The highest BCUT2D eigenvalue weighted by molar-refractivity contribution is 8.13. The van der Waals surface area contributed by atoms with Crippen LogP contribution in [0.5, 0.6) is 0 Å². The smallest absolute Gasteiger partial charge is 0.390 e. The summed E-state index contributed by atoms with van der Waals surface area (Å²) in [4.78, 5) is 63.5. The number of aliphatic imine (C=N–C) groups is 1. The number of nitrogens with zero attached hydrogens (tertiary/aromatic N) is 3. The standard InChI is InChI=1S/C24H41N7O13P2S/c1-13(32)47-7-6-26-16(33)4-5-27-23(37)20(36)24(2,3)10-43-46(40,41)44-45(38,39)42-9-14-8-15(19(35)18(14)34)31-12-30-17-21(25)28-11-29-22(17)31/h12,14-15,18-20,29,34-36H,4-11H2,1-3H3,(H2,25,28)(H,26,33)(H,27,37)(H,38,39)(H,40,41). The van der Waals surface area contributed by atoms with E-state index in [9.17, 15) is 48.6 Å². The Morgan fingerprint density at radius 2 is 1.85 bits per heavy atom. The van der Waals surface area contributed by atoms with Gasteiger partial charge in [0.2, 0.25) is 11.8 Å². The van der Waals surface area contributed by atoms with Crippen molar-refractivity contribution in [3.05, 3.63) is 12.0 Å². The summed E-state index contributed by atoms with van der Waals surface area (Å²) in [6.45, 7) is 2.86. The van der Waals surface area contributed by atoms with Crippen LogP contribution in [-0.4, -0.2) is 114 Å². The number of anilines is 1. The van der Waals surface area contributed by atoms with Crippen molar-refractivity contribution in [2.24, 2.45) is 22.1 Å². The molecule has 2 heterocycles. The molecule has 0 bridgehead atoms. The lowest BCUT2D eigenvalue weighted by Gasteiger charge is -2.30. The second-order valence-corrected chi connectivity index (χ2v) is 15.8. The topological polar surface area (TPSA) is 306 Å². The van der Waals surface area contributed by atoms with E-state index in [-0.39, 0.29) is 43.6 Å². The predicted octanol–water partition coefficient (Wildman–Crippen LogP) is -1.21. The summed E-state index contributed by atoms with van der Waals surface area (Å²) in [5, 5.41) is 39.5. The Kier molecular flexibility index (Phi) is 13.6. The molecule has 1 aliphatic heterocycles. The van der Waals surface area contributed by atoms with E-state index in [0.717, 1.165) is 11.8 Å². The van der Waals surface area contributed by atoms with Crippen LogP contribution in [0, 0.1) is 11.3 Å². The molecule has 0 saturated heterocycles. The number of aromatic nitrogens is 2. The Balaban J connectivity index is 1.45. The maximum Gasteiger partial charge on any atom is 0.481 e. The molecule has 7 unspecified atom stereocenters. The molecule has 3 rings (SSSR count). The molecular weight excluding hydrogens is 688 g/mol. The minimum Gasteiger partial charge on any atom is -0.390 e. The molecule has 23 heteroatoms. The molecule has 266 valence electrons. The zero-order valence-corrected chi connectivity index (χ0v) is 28.5. The lowest BCUT2D eigenvalue weighted by molar-refractivity contribution is -0.137. The number of hydrogen-bond acceptors (Lipinski definition) is 16. The van der Waals surface area contributed by atoms with Gasteiger partial charge in [0.15, 0.2) is 5.12 Å². The number of fused-ring (bicyclic) bond motifs is 1. The number of phosphoric acid groups is 2. The first-order valence-electron chi connectivity index (χ1n) is 14.3. The van der Waals surface area contributed by atoms with Gasteiger partial charge in [0.05, 0.1) is 31.7 Å². The van der Waals surface area contributed by atoms with Gasteiger partial charge in [0, 0.05) is 43.5 Å². The zero-order valence-electron chi connectivity index (χ0n) is 25.8. The minimum atomic E-state index is -5.31. The van der Waals surface area contributed by atoms with Gasteiger partial charge in [-0.2, -0.15) is 4.31 Å². The van der Waals surface area contributed by atoms with Crippen LogP contribution in [0.15, 0.2) is 11.3 Å². The van der Waals surface area contributed by atoms with Crippen LogP contribution < -0.4 is 21.7 Å². The van der Waals surface area contributed by atoms with Crippen molar-refractivity contribution < 1.29 is 62.0 Å². The van der Waals surface area contributed by atoms with Gasteiger partial charge in [0.1, 0.15) is 36.2 Å². The average Bonchev–Trinajstić information content (AvgIpc) is 3.53. The number of amidine groups is 1. The fourth-order valence-corrected chi connectivity index (χ4v) is 7.50. The molecule has 20 nitrogen and oxygen atoms in total. The van der Waals surface area contributed by atoms with Crippen LogP contribution in [-0.2, 0) is 36.9 Å². The number of aliphatic hydroxyl groups excluding tert-OH is 3. The number of nitrogens with two attached hydrogens (primary N) is 1. The normalized spacial score (nSPS) is 24.2. The first-order chi connectivity index (χ1) is 21.8. The number of aliphatic hydroxyl groups is 3. The summed E-state index contributed by atoms with van der Waals surface area (Å²) in [6, 6.07) is -0.731. The van der Waals surface area contributed by atoms with Crippen molar-refractivity contribution in [3.8, 4) is 0 Å². The Labute approximate surface area is 274 Å². The number of amides is 2. The lowest BCUT2D eigenvalue weighted by Crippen LogP contribution is -2.46. The van der Waals surface area contributed by atoms with Crippen molar-refractivity contribution >= 4 is 56.0 Å². The van der Waals surface area contributed by atoms with Crippen LogP contribution in [0.3, 0.4) is 0 Å². The third-order valence-electron chi connectivity index (χ3n) is 7.29. The molecule has 0 spiro atoms. The van der Waals surface area contributed by atoms with Crippen LogP contribution in [0.25, 0.3) is 0 Å². The number of nitrogens with one attached hydrogen (secondary N) is 3. The van der Waals surface area contributed by atoms with Gasteiger partial charge in [-0.25, -0.2) is 19.1 Å². The number of carbonyl (C=O) groups is 3. The third kappa shape index (κ3) is 11.0. The molecule has 0 aromatic carbocycles. The third-order valence-corrected chi connectivity index (χ3v) is 10.7. The number of hydrogen-bond donors (Lipinski definition) is 9. The Morgan fingerprint density at radius 1 is 1.17 bits per heavy atom. The average molecular weight is 730 g/mol. The van der Waals surface area contributed by atoms with Gasteiger partial charge in [0.25, 0.3) is 0 Å². The summed E-state index contributed by atoms with van der Waals surface area (Å²) < 4.78 is 40.5. The van der Waals surface area contributed by atoms with Crippen LogP contribution in [0.2, 0.25) is 0 Å². The highest BCUT2D eigenvalue weighted by Crippen LogP contribution is 2.61. The van der Waals surface area contributed by atoms with Crippen molar-refractivity contribution in [2.45, 2.75) is 58.0 Å². The monoisotopic (exact) mass is 729 g/mol. The fraction of sp³-hybridized carbons (Fsp3) is 0.708. The van der Waals surface area contributed by atoms with E-state index in [4.69, 9.17) is 14.8 Å². The van der Waals surface area contributed by atoms with Gasteiger partial charge in [-0.15, -0.1) is 0 Å². The second kappa shape index (κ2) is 16.3. The first kappa shape index (κ1) is 39.0. The summed E-state index contributed by atoms with van der Waals surface area (Å²) >= 11 is 1.05. The molecule has 1 aliphatic carbocycles. The van der Waals surface area contributed by atoms with E-state index in [2.05, 4.69) is 30.2 Å². The maximum atomic E-state index is 12.5. The molecule has 1 fully saturated rings. The molecule has 7 atom stereocenters. The highest BCUT2D eigenvalue weighted by Gasteiger charge is 2.46. The molecule has 47 heavy (non-hydrogen) atoms. The summed E-state index contributed by atoms with van der Waals surface area (Å²) in [5.41, 5.74) is 4.68. The number of carbonyl (C=O) groups excluding carboxylic acids is 3. The number of thioether (sulfide) groups is 1. The van der Waals surface area contributed by atoms with Crippen molar-refractivity contribution in [1.82, 2.24) is 20.2 Å². The fourth-order valence-electron chi connectivity index (χ4n) is 4.71.